The number of hydrogen-bond donors (Lipinski definition) is 1. The number of carbonyl (C=O) groups excluding carboxylic acids is 2. The van der Waals surface area contributed by atoms with Gasteiger partial charge in [-0.3, -0.25) is 9.59 Å². The van der Waals surface area contributed by atoms with E-state index in [0.717, 1.165) is 25.1 Å². The number of nitrogens with one attached hydrogen (secondary N) is 1. The van der Waals surface area contributed by atoms with Crippen LogP contribution in [0.1, 0.15) is 46.7 Å². The van der Waals surface area contributed by atoms with Gasteiger partial charge in [0.05, 0.1) is 0 Å². The molecule has 0 radical (unpaired) electrons. The highest BCUT2D eigenvalue weighted by atomic mass is 16.5. The summed E-state index contributed by atoms with van der Waals surface area (Å²) in [5.41, 5.74) is 1.91. The molecule has 1 aromatic carbocycles. The summed E-state index contributed by atoms with van der Waals surface area (Å²) in [4.78, 5) is 27.2. The van der Waals surface area contributed by atoms with Crippen molar-refractivity contribution in [1.29, 1.82) is 0 Å². The van der Waals surface area contributed by atoms with E-state index in [0.29, 0.717) is 27.8 Å². The summed E-state index contributed by atoms with van der Waals surface area (Å²) in [5, 5.41) is 14.5. The molecule has 1 saturated heterocycles. The second-order valence-electron chi connectivity index (χ2n) is 7.55. The van der Waals surface area contributed by atoms with Gasteiger partial charge in [-0.2, -0.15) is 4.73 Å². The number of aromatic nitrogens is 1. The van der Waals surface area contributed by atoms with Gasteiger partial charge in [0.25, 0.3) is 11.6 Å². The topological polar surface area (TPSA) is 76.4 Å². The molecule has 1 aliphatic rings. The molecule has 3 rings (SSSR count). The second kappa shape index (κ2) is 7.78. The molecule has 1 N–H and O–H groups in total. The number of hydrogen-bond acceptors (Lipinski definition) is 3. The minimum atomic E-state index is -0.501. The van der Waals surface area contributed by atoms with Gasteiger partial charge in [-0.05, 0) is 48.9 Å². The molecule has 2 amide bonds. The van der Waals surface area contributed by atoms with Gasteiger partial charge in [-0.15, -0.1) is 0 Å². The van der Waals surface area contributed by atoms with Crippen molar-refractivity contribution in [1.82, 2.24) is 4.90 Å². The summed E-state index contributed by atoms with van der Waals surface area (Å²) in [6.45, 7) is 7.67. The number of benzene rings is 1. The number of piperidine rings is 1. The third-order valence-electron chi connectivity index (χ3n) is 4.95. The first-order valence-corrected chi connectivity index (χ1v) is 9.24. The number of rotatable bonds is 3. The number of anilines is 1. The van der Waals surface area contributed by atoms with E-state index in [-0.39, 0.29) is 11.6 Å². The zero-order valence-corrected chi connectivity index (χ0v) is 15.9. The Morgan fingerprint density at radius 2 is 1.85 bits per heavy atom. The van der Waals surface area contributed by atoms with Crippen LogP contribution in [0.15, 0.2) is 42.6 Å². The largest absolute Gasteiger partial charge is 0.618 e. The van der Waals surface area contributed by atoms with E-state index >= 15 is 0 Å². The van der Waals surface area contributed by atoms with Crippen molar-refractivity contribution >= 4 is 17.5 Å². The van der Waals surface area contributed by atoms with Crippen LogP contribution in [0.3, 0.4) is 0 Å². The van der Waals surface area contributed by atoms with E-state index in [9.17, 15) is 14.8 Å². The number of carbonyl (C=O) groups is 2. The molecule has 0 aliphatic carbocycles. The van der Waals surface area contributed by atoms with Crippen molar-refractivity contribution in [3.05, 3.63) is 64.6 Å². The quantitative estimate of drug-likeness (QED) is 0.669. The van der Waals surface area contributed by atoms with Gasteiger partial charge >= 0.3 is 5.91 Å². The van der Waals surface area contributed by atoms with Crippen LogP contribution < -0.4 is 10.0 Å². The van der Waals surface area contributed by atoms with Crippen LogP contribution in [0.2, 0.25) is 0 Å². The Morgan fingerprint density at radius 3 is 2.52 bits per heavy atom. The van der Waals surface area contributed by atoms with Gasteiger partial charge in [0.1, 0.15) is 0 Å². The molecule has 0 spiro atoms. The number of aryl methyl sites for hydroxylation is 1. The van der Waals surface area contributed by atoms with Gasteiger partial charge in [-0.1, -0.05) is 19.9 Å². The maximum absolute atomic E-state index is 12.9. The Balaban J connectivity index is 1.81. The first kappa shape index (κ1) is 18.9. The fourth-order valence-corrected chi connectivity index (χ4v) is 3.69. The normalized spacial score (nSPS) is 19.6. The van der Waals surface area contributed by atoms with Gasteiger partial charge in [0.2, 0.25) is 0 Å². The van der Waals surface area contributed by atoms with Crippen molar-refractivity contribution in [3.8, 4) is 0 Å². The highest BCUT2D eigenvalue weighted by Gasteiger charge is 2.26. The molecule has 2 atom stereocenters. The maximum Gasteiger partial charge on any atom is 0.321 e. The zero-order chi connectivity index (χ0) is 19.6. The molecule has 6 heteroatoms. The van der Waals surface area contributed by atoms with Crippen LogP contribution >= 0.6 is 0 Å². The van der Waals surface area contributed by atoms with Crippen LogP contribution in [-0.2, 0) is 0 Å². The zero-order valence-electron chi connectivity index (χ0n) is 15.9. The van der Waals surface area contributed by atoms with Crippen LogP contribution in [0.4, 0.5) is 5.69 Å². The summed E-state index contributed by atoms with van der Waals surface area (Å²) < 4.78 is 0.524. The lowest BCUT2D eigenvalue weighted by molar-refractivity contribution is -0.607. The van der Waals surface area contributed by atoms with E-state index in [1.54, 1.807) is 24.3 Å². The summed E-state index contributed by atoms with van der Waals surface area (Å²) in [5.74, 6) is 0.432. The molecule has 6 nitrogen and oxygen atoms in total. The van der Waals surface area contributed by atoms with Crippen LogP contribution in [0.25, 0.3) is 0 Å². The van der Waals surface area contributed by atoms with E-state index in [2.05, 4.69) is 19.2 Å². The molecule has 1 aromatic heterocycles. The van der Waals surface area contributed by atoms with Gasteiger partial charge in [-0.25, -0.2) is 0 Å². The van der Waals surface area contributed by atoms with Gasteiger partial charge in [0, 0.05) is 36.5 Å². The predicted octanol–water partition coefficient (Wildman–Crippen LogP) is 3.00. The number of pyridine rings is 1. The molecule has 1 aliphatic heterocycles. The molecule has 27 heavy (non-hydrogen) atoms. The second-order valence-corrected chi connectivity index (χ2v) is 7.55. The highest BCUT2D eigenvalue weighted by molar-refractivity contribution is 6.03. The van der Waals surface area contributed by atoms with Gasteiger partial charge in [0.15, 0.2) is 6.20 Å². The third kappa shape index (κ3) is 4.27. The van der Waals surface area contributed by atoms with Crippen LogP contribution in [0, 0.1) is 24.0 Å². The molecule has 0 bridgehead atoms. The van der Waals surface area contributed by atoms with Crippen molar-refractivity contribution < 1.29 is 14.3 Å². The fourth-order valence-electron chi connectivity index (χ4n) is 3.69. The van der Waals surface area contributed by atoms with Crippen LogP contribution in [-0.4, -0.2) is 29.8 Å². The van der Waals surface area contributed by atoms with E-state index < -0.39 is 5.91 Å². The summed E-state index contributed by atoms with van der Waals surface area (Å²) in [6.07, 6.45) is 2.41. The Morgan fingerprint density at radius 1 is 1.15 bits per heavy atom. The number of likely N-dealkylation sites (tertiary alicyclic amines) is 1. The summed E-state index contributed by atoms with van der Waals surface area (Å²) in [6, 6.07) is 9.95. The average Bonchev–Trinajstić information content (AvgIpc) is 2.62. The summed E-state index contributed by atoms with van der Waals surface area (Å²) in [7, 11) is 0. The lowest BCUT2D eigenvalue weighted by Gasteiger charge is -2.35. The molecule has 1 fully saturated rings. The third-order valence-corrected chi connectivity index (χ3v) is 4.95. The maximum atomic E-state index is 12.9. The Kier molecular flexibility index (Phi) is 5.44. The molecular formula is C21H25N3O3. The van der Waals surface area contributed by atoms with Crippen molar-refractivity contribution in [2.75, 3.05) is 18.4 Å². The SMILES string of the molecule is Cc1ccc(C(=O)N2C[C@H](C)C[C@H](C)C2)cc1NC(=O)c1cccc[n+]1[O-]. The molecule has 0 unspecified atom stereocenters. The van der Waals surface area contributed by atoms with Crippen molar-refractivity contribution in [2.24, 2.45) is 11.8 Å². The molecular weight excluding hydrogens is 342 g/mol. The Hall–Kier alpha value is -2.89. The molecule has 0 saturated carbocycles. The summed E-state index contributed by atoms with van der Waals surface area (Å²) >= 11 is 0. The average molecular weight is 367 g/mol. The lowest BCUT2D eigenvalue weighted by Crippen LogP contribution is -2.42. The standard InChI is InChI=1S/C21H25N3O3/c1-14-10-15(2)13-23(12-14)21(26)17-8-7-16(3)18(11-17)22-20(25)19-6-4-5-9-24(19)27/h4-9,11,14-15H,10,12-13H2,1-3H3,(H,22,25)/t14-,15+. The predicted molar refractivity (Wildman–Crippen MR) is 103 cm³/mol. The highest BCUT2D eigenvalue weighted by Crippen LogP contribution is 2.24. The monoisotopic (exact) mass is 367 g/mol. The minimum absolute atomic E-state index is 0.00677. The Bertz CT molecular complexity index is 856. The molecule has 142 valence electrons. The number of nitrogens with zero attached hydrogens (tertiary/aromatic N) is 2. The lowest BCUT2D eigenvalue weighted by atomic mass is 9.91. The minimum Gasteiger partial charge on any atom is -0.618 e. The fraction of sp³-hybridized carbons (Fsp3) is 0.381. The number of amides is 2. The van der Waals surface area contributed by atoms with Gasteiger partial charge < -0.3 is 15.4 Å². The van der Waals surface area contributed by atoms with E-state index in [4.69, 9.17) is 0 Å². The van der Waals surface area contributed by atoms with Crippen molar-refractivity contribution in [3.63, 3.8) is 0 Å². The smallest absolute Gasteiger partial charge is 0.321 e. The van der Waals surface area contributed by atoms with Crippen molar-refractivity contribution in [2.45, 2.75) is 27.2 Å². The van der Waals surface area contributed by atoms with E-state index in [1.165, 1.54) is 12.3 Å². The van der Waals surface area contributed by atoms with E-state index in [1.807, 2.05) is 17.9 Å². The first-order chi connectivity index (χ1) is 12.8. The first-order valence-electron chi connectivity index (χ1n) is 9.24. The van der Waals surface area contributed by atoms with Crippen LogP contribution in [0.5, 0.6) is 0 Å². The molecule has 2 aromatic rings. The Labute approximate surface area is 159 Å². The molecule has 2 heterocycles.